The number of oxazole rings is 1. The molecule has 0 spiro atoms. The number of hydrogen-bond donors (Lipinski definition) is 1. The van der Waals surface area contributed by atoms with Crippen molar-refractivity contribution in [2.45, 2.75) is 9.92 Å². The minimum atomic E-state index is -3.93. The highest BCUT2D eigenvalue weighted by Crippen LogP contribution is 2.35. The Balaban J connectivity index is 2.09. The van der Waals surface area contributed by atoms with Crippen LogP contribution >= 0.6 is 23.2 Å². The van der Waals surface area contributed by atoms with Gasteiger partial charge in [0, 0.05) is 18.7 Å². The third kappa shape index (κ3) is 4.27. The minimum absolute atomic E-state index is 0.0249. The normalized spacial score (nSPS) is 11.5. The summed E-state index contributed by atoms with van der Waals surface area (Å²) >= 11 is 12.0. The monoisotopic (exact) mass is 426 g/mol. The highest BCUT2D eigenvalue weighted by molar-refractivity contribution is 7.91. The van der Waals surface area contributed by atoms with E-state index in [2.05, 4.69) is 10.3 Å². The van der Waals surface area contributed by atoms with Crippen LogP contribution in [0, 0.1) is 0 Å². The topological polar surface area (TPSA) is 81.4 Å². The summed E-state index contributed by atoms with van der Waals surface area (Å²) in [6.07, 6.45) is 0. The highest BCUT2D eigenvalue weighted by atomic mass is 35.5. The summed E-state index contributed by atoms with van der Waals surface area (Å²) in [7, 11) is -2.39. The van der Waals surface area contributed by atoms with Crippen LogP contribution in [-0.2, 0) is 14.6 Å². The lowest BCUT2D eigenvalue weighted by molar-refractivity contribution is 0.210. The molecule has 3 aromatic rings. The molecular formula is C18H16Cl2N2O4S. The Labute approximate surface area is 167 Å². The van der Waals surface area contributed by atoms with Gasteiger partial charge in [-0.3, -0.25) is 0 Å². The molecule has 0 saturated heterocycles. The number of sulfone groups is 1. The van der Waals surface area contributed by atoms with E-state index in [0.29, 0.717) is 28.8 Å². The molecule has 142 valence electrons. The number of benzene rings is 2. The zero-order valence-electron chi connectivity index (χ0n) is 14.3. The van der Waals surface area contributed by atoms with Crippen LogP contribution in [-0.4, -0.2) is 33.7 Å². The SMILES string of the molecule is COCCNc1oc(-c2ccccc2Cl)nc1S(=O)(=O)c1ccc(Cl)cc1. The molecule has 2 aromatic carbocycles. The van der Waals surface area contributed by atoms with E-state index in [4.69, 9.17) is 32.4 Å². The number of anilines is 1. The molecule has 0 aliphatic carbocycles. The average molecular weight is 427 g/mol. The Morgan fingerprint density at radius 3 is 2.48 bits per heavy atom. The maximum absolute atomic E-state index is 13.1. The van der Waals surface area contributed by atoms with Crippen molar-refractivity contribution in [2.24, 2.45) is 0 Å². The Morgan fingerprint density at radius 2 is 1.81 bits per heavy atom. The number of rotatable bonds is 7. The van der Waals surface area contributed by atoms with Crippen LogP contribution in [0.1, 0.15) is 0 Å². The smallest absolute Gasteiger partial charge is 0.233 e. The summed E-state index contributed by atoms with van der Waals surface area (Å²) in [6, 6.07) is 12.7. The van der Waals surface area contributed by atoms with Crippen molar-refractivity contribution in [2.75, 3.05) is 25.6 Å². The third-order valence-corrected chi connectivity index (χ3v) is 5.93. The van der Waals surface area contributed by atoms with Crippen LogP contribution in [0.25, 0.3) is 11.5 Å². The van der Waals surface area contributed by atoms with E-state index in [-0.39, 0.29) is 21.7 Å². The van der Waals surface area contributed by atoms with Crippen molar-refractivity contribution in [1.29, 1.82) is 0 Å². The number of aromatic nitrogens is 1. The number of hydrogen-bond acceptors (Lipinski definition) is 6. The molecule has 1 N–H and O–H groups in total. The zero-order chi connectivity index (χ0) is 19.4. The van der Waals surface area contributed by atoms with Crippen molar-refractivity contribution in [3.63, 3.8) is 0 Å². The molecule has 3 rings (SSSR count). The van der Waals surface area contributed by atoms with Gasteiger partial charge in [-0.1, -0.05) is 35.3 Å². The molecule has 27 heavy (non-hydrogen) atoms. The molecule has 1 heterocycles. The quantitative estimate of drug-likeness (QED) is 0.558. The molecule has 0 aliphatic rings. The van der Waals surface area contributed by atoms with Crippen LogP contribution in [0.5, 0.6) is 0 Å². The fraction of sp³-hybridized carbons (Fsp3) is 0.167. The van der Waals surface area contributed by atoms with Gasteiger partial charge in [-0.2, -0.15) is 4.98 Å². The number of nitrogens with one attached hydrogen (secondary N) is 1. The van der Waals surface area contributed by atoms with E-state index >= 15 is 0 Å². The predicted molar refractivity (Wildman–Crippen MR) is 104 cm³/mol. The van der Waals surface area contributed by atoms with E-state index in [1.165, 1.54) is 24.3 Å². The molecule has 0 atom stereocenters. The van der Waals surface area contributed by atoms with Crippen molar-refractivity contribution in [1.82, 2.24) is 4.98 Å². The number of ether oxygens (including phenoxy) is 1. The van der Waals surface area contributed by atoms with Crippen molar-refractivity contribution in [3.05, 3.63) is 58.6 Å². The standard InChI is InChI=1S/C18H16Cl2N2O4S/c1-25-11-10-21-17-18(27(23,24)13-8-6-12(19)7-9-13)22-16(26-17)14-4-2-3-5-15(14)20/h2-9,21H,10-11H2,1H3. The average Bonchev–Trinajstić information content (AvgIpc) is 3.07. The summed E-state index contributed by atoms with van der Waals surface area (Å²) in [6.45, 7) is 0.708. The van der Waals surface area contributed by atoms with Crippen LogP contribution in [0.15, 0.2) is 62.9 Å². The summed E-state index contributed by atoms with van der Waals surface area (Å²) in [5.74, 6) is 0.130. The van der Waals surface area contributed by atoms with Gasteiger partial charge in [-0.25, -0.2) is 8.42 Å². The molecule has 6 nitrogen and oxygen atoms in total. The Morgan fingerprint density at radius 1 is 1.11 bits per heavy atom. The first kappa shape index (κ1) is 19.7. The van der Waals surface area contributed by atoms with E-state index < -0.39 is 9.84 Å². The Hall–Kier alpha value is -2.06. The second-order valence-electron chi connectivity index (χ2n) is 5.51. The molecule has 0 saturated carbocycles. The number of nitrogens with zero attached hydrogens (tertiary/aromatic N) is 1. The molecule has 9 heteroatoms. The van der Waals surface area contributed by atoms with Gasteiger partial charge in [-0.15, -0.1) is 0 Å². The summed E-state index contributed by atoms with van der Waals surface area (Å²) < 4.78 is 36.8. The van der Waals surface area contributed by atoms with Gasteiger partial charge in [0.1, 0.15) is 0 Å². The molecule has 1 aromatic heterocycles. The third-order valence-electron chi connectivity index (χ3n) is 3.67. The maximum Gasteiger partial charge on any atom is 0.233 e. The van der Waals surface area contributed by atoms with E-state index in [9.17, 15) is 8.42 Å². The summed E-state index contributed by atoms with van der Waals surface area (Å²) in [5, 5.41) is 3.52. The van der Waals surface area contributed by atoms with Crippen LogP contribution in [0.3, 0.4) is 0 Å². The Kier molecular flexibility index (Phi) is 6.06. The molecule has 0 unspecified atom stereocenters. The van der Waals surface area contributed by atoms with E-state index in [0.717, 1.165) is 0 Å². The molecule has 0 aliphatic heterocycles. The van der Waals surface area contributed by atoms with Crippen molar-refractivity contribution < 1.29 is 17.6 Å². The largest absolute Gasteiger partial charge is 0.419 e. The Bertz CT molecular complexity index is 1030. The maximum atomic E-state index is 13.1. The van der Waals surface area contributed by atoms with Crippen LogP contribution < -0.4 is 5.32 Å². The number of halogens is 2. The van der Waals surface area contributed by atoms with E-state index in [1.807, 2.05) is 0 Å². The fourth-order valence-electron chi connectivity index (χ4n) is 2.34. The lowest BCUT2D eigenvalue weighted by Gasteiger charge is -2.05. The zero-order valence-corrected chi connectivity index (χ0v) is 16.6. The van der Waals surface area contributed by atoms with Gasteiger partial charge in [0.15, 0.2) is 0 Å². The molecule has 0 fully saturated rings. The first-order valence-electron chi connectivity index (χ1n) is 7.92. The fourth-order valence-corrected chi connectivity index (χ4v) is 3.96. The first-order chi connectivity index (χ1) is 12.9. The van der Waals surface area contributed by atoms with Crippen LogP contribution in [0.2, 0.25) is 10.0 Å². The highest BCUT2D eigenvalue weighted by Gasteiger charge is 2.29. The molecule has 0 radical (unpaired) electrons. The van der Waals surface area contributed by atoms with Gasteiger partial charge in [0.25, 0.3) is 0 Å². The van der Waals surface area contributed by atoms with Crippen LogP contribution in [0.4, 0.5) is 5.88 Å². The van der Waals surface area contributed by atoms with Gasteiger partial charge in [-0.05, 0) is 36.4 Å². The minimum Gasteiger partial charge on any atom is -0.419 e. The lowest BCUT2D eigenvalue weighted by atomic mass is 10.2. The first-order valence-corrected chi connectivity index (χ1v) is 10.2. The van der Waals surface area contributed by atoms with Gasteiger partial charge in [0.05, 0.1) is 22.1 Å². The summed E-state index contributed by atoms with van der Waals surface area (Å²) in [5.41, 5.74) is 0.492. The second kappa shape index (κ2) is 8.31. The van der Waals surface area contributed by atoms with Gasteiger partial charge >= 0.3 is 0 Å². The molecule has 0 amide bonds. The van der Waals surface area contributed by atoms with Crippen molar-refractivity contribution in [3.8, 4) is 11.5 Å². The predicted octanol–water partition coefficient (Wildman–Crippen LogP) is 4.54. The molecular weight excluding hydrogens is 411 g/mol. The number of methoxy groups -OCH3 is 1. The van der Waals surface area contributed by atoms with Crippen molar-refractivity contribution >= 4 is 38.9 Å². The lowest BCUT2D eigenvalue weighted by Crippen LogP contribution is -2.11. The molecule has 0 bridgehead atoms. The van der Waals surface area contributed by atoms with Gasteiger partial charge < -0.3 is 14.5 Å². The summed E-state index contributed by atoms with van der Waals surface area (Å²) in [4.78, 5) is 4.27. The van der Waals surface area contributed by atoms with Gasteiger partial charge in [0.2, 0.25) is 26.6 Å². The second-order valence-corrected chi connectivity index (χ2v) is 8.22. The van der Waals surface area contributed by atoms with E-state index in [1.54, 1.807) is 31.4 Å².